The van der Waals surface area contributed by atoms with Crippen molar-refractivity contribution in [2.24, 2.45) is 12.2 Å². The van der Waals surface area contributed by atoms with E-state index in [0.29, 0.717) is 0 Å². The molecule has 0 amide bonds. The monoisotopic (exact) mass is 191 g/mol. The molecule has 0 atom stereocenters. The Morgan fingerprint density at radius 3 is 2.67 bits per heavy atom. The topological polar surface area (TPSA) is 98.2 Å². The third-order valence-corrected chi connectivity index (χ3v) is 2.19. The largest absolute Gasteiger partial charge is 0.392 e. The zero-order valence-corrected chi connectivity index (χ0v) is 7.24. The van der Waals surface area contributed by atoms with E-state index in [-0.39, 0.29) is 17.2 Å². The molecule has 0 aromatic carbocycles. The Hall–Kier alpha value is -0.920. The van der Waals surface area contributed by atoms with E-state index in [1.165, 1.54) is 10.9 Å². The Morgan fingerprint density at radius 1 is 1.75 bits per heavy atom. The van der Waals surface area contributed by atoms with Gasteiger partial charge in [-0.3, -0.25) is 4.68 Å². The van der Waals surface area contributed by atoms with Crippen molar-refractivity contribution in [2.75, 3.05) is 0 Å². The molecule has 1 aromatic rings. The molecular weight excluding hydrogens is 182 g/mol. The van der Waals surface area contributed by atoms with Crippen LogP contribution in [0.25, 0.3) is 0 Å². The molecule has 1 heterocycles. The highest BCUT2D eigenvalue weighted by Crippen LogP contribution is 2.10. The molecule has 7 heteroatoms. The number of aliphatic hydroxyl groups excluding tert-OH is 1. The van der Waals surface area contributed by atoms with Crippen molar-refractivity contribution in [1.82, 2.24) is 9.78 Å². The quantitative estimate of drug-likeness (QED) is 0.598. The Kier molecular flexibility index (Phi) is 2.18. The summed E-state index contributed by atoms with van der Waals surface area (Å²) >= 11 is 0. The van der Waals surface area contributed by atoms with E-state index in [2.05, 4.69) is 5.10 Å². The summed E-state index contributed by atoms with van der Waals surface area (Å²) in [7, 11) is -2.27. The van der Waals surface area contributed by atoms with Crippen molar-refractivity contribution in [2.45, 2.75) is 11.6 Å². The number of aliphatic hydroxyl groups is 1. The van der Waals surface area contributed by atoms with Gasteiger partial charge in [0.25, 0.3) is 10.0 Å². The van der Waals surface area contributed by atoms with Crippen LogP contribution in [0.5, 0.6) is 0 Å². The maximum atomic E-state index is 10.8. The second-order valence-electron chi connectivity index (χ2n) is 2.34. The van der Waals surface area contributed by atoms with Gasteiger partial charge in [0.1, 0.15) is 0 Å². The molecule has 0 saturated carbocycles. The fourth-order valence-electron chi connectivity index (χ4n) is 0.865. The average Bonchev–Trinajstić information content (AvgIpc) is 2.29. The van der Waals surface area contributed by atoms with Gasteiger partial charge in [0, 0.05) is 18.8 Å². The summed E-state index contributed by atoms with van der Waals surface area (Å²) in [6.07, 6.45) is 1.40. The van der Waals surface area contributed by atoms with Gasteiger partial charge in [-0.2, -0.15) is 5.10 Å². The number of primary sulfonamides is 1. The zero-order valence-electron chi connectivity index (χ0n) is 6.43. The summed E-state index contributed by atoms with van der Waals surface area (Å²) < 4.78 is 22.9. The molecule has 0 spiro atoms. The van der Waals surface area contributed by atoms with Crippen molar-refractivity contribution < 1.29 is 13.5 Å². The van der Waals surface area contributed by atoms with Crippen LogP contribution in [0.1, 0.15) is 5.56 Å². The van der Waals surface area contributed by atoms with Crippen LogP contribution in [0.4, 0.5) is 0 Å². The molecule has 0 unspecified atom stereocenters. The highest BCUT2D eigenvalue weighted by atomic mass is 32.2. The molecule has 0 aliphatic carbocycles. The summed E-state index contributed by atoms with van der Waals surface area (Å²) in [4.78, 5) is 0. The molecular formula is C5H9N3O3S. The number of nitrogens with zero attached hydrogens (tertiary/aromatic N) is 2. The molecule has 6 nitrogen and oxygen atoms in total. The van der Waals surface area contributed by atoms with Crippen LogP contribution >= 0.6 is 0 Å². The smallest absolute Gasteiger partial charge is 0.257 e. The van der Waals surface area contributed by atoms with E-state index in [9.17, 15) is 8.42 Å². The Morgan fingerprint density at radius 2 is 2.33 bits per heavy atom. The number of sulfonamides is 1. The molecule has 1 rings (SSSR count). The summed E-state index contributed by atoms with van der Waals surface area (Å²) in [5.41, 5.74) is 0.208. The second kappa shape index (κ2) is 2.85. The van der Waals surface area contributed by atoms with E-state index >= 15 is 0 Å². The molecule has 0 radical (unpaired) electrons. The van der Waals surface area contributed by atoms with Crippen LogP contribution < -0.4 is 5.14 Å². The van der Waals surface area contributed by atoms with Crippen LogP contribution in [-0.4, -0.2) is 23.3 Å². The molecule has 0 bridgehead atoms. The number of hydrogen-bond donors (Lipinski definition) is 2. The third kappa shape index (κ3) is 1.63. The van der Waals surface area contributed by atoms with E-state index in [4.69, 9.17) is 10.2 Å². The summed E-state index contributed by atoms with van der Waals surface area (Å²) in [5.74, 6) is 0. The lowest BCUT2D eigenvalue weighted by Crippen LogP contribution is -2.15. The second-order valence-corrected chi connectivity index (χ2v) is 3.81. The minimum Gasteiger partial charge on any atom is -0.392 e. The van der Waals surface area contributed by atoms with E-state index in [1.807, 2.05) is 0 Å². The summed E-state index contributed by atoms with van der Waals surface area (Å²) in [6, 6.07) is 0. The highest BCUT2D eigenvalue weighted by molar-refractivity contribution is 7.89. The summed E-state index contributed by atoms with van der Waals surface area (Å²) in [5, 5.41) is 16.9. The zero-order chi connectivity index (χ0) is 9.35. The maximum absolute atomic E-state index is 10.8. The first-order chi connectivity index (χ1) is 5.45. The fourth-order valence-corrected chi connectivity index (χ4v) is 1.59. The standard InChI is InChI=1S/C5H9N3O3S/c1-8-2-4(3-9)5(7-8)12(6,10)11/h2,9H,3H2,1H3,(H2,6,10,11). The van der Waals surface area contributed by atoms with Gasteiger partial charge in [0.2, 0.25) is 0 Å². The number of rotatable bonds is 2. The van der Waals surface area contributed by atoms with Crippen LogP contribution in [-0.2, 0) is 23.7 Å². The molecule has 68 valence electrons. The molecule has 0 aliphatic rings. The molecule has 12 heavy (non-hydrogen) atoms. The molecule has 0 aliphatic heterocycles. The molecule has 0 fully saturated rings. The average molecular weight is 191 g/mol. The first-order valence-electron chi connectivity index (χ1n) is 3.11. The molecule has 0 saturated heterocycles. The molecule has 1 aromatic heterocycles. The van der Waals surface area contributed by atoms with Gasteiger partial charge in [0.05, 0.1) is 6.61 Å². The Labute approximate surface area is 69.7 Å². The normalized spacial score (nSPS) is 11.9. The van der Waals surface area contributed by atoms with E-state index < -0.39 is 10.0 Å². The lowest BCUT2D eigenvalue weighted by Gasteiger charge is -1.93. The van der Waals surface area contributed by atoms with E-state index in [1.54, 1.807) is 7.05 Å². The van der Waals surface area contributed by atoms with Crippen LogP contribution in [0.15, 0.2) is 11.2 Å². The van der Waals surface area contributed by atoms with Crippen molar-refractivity contribution in [3.05, 3.63) is 11.8 Å². The van der Waals surface area contributed by atoms with Crippen molar-refractivity contribution in [3.8, 4) is 0 Å². The minimum atomic E-state index is -3.82. The number of hydrogen-bond acceptors (Lipinski definition) is 4. The van der Waals surface area contributed by atoms with Gasteiger partial charge in [-0.1, -0.05) is 0 Å². The highest BCUT2D eigenvalue weighted by Gasteiger charge is 2.17. The number of aromatic nitrogens is 2. The van der Waals surface area contributed by atoms with Crippen LogP contribution in [0.2, 0.25) is 0 Å². The van der Waals surface area contributed by atoms with Crippen molar-refractivity contribution in [3.63, 3.8) is 0 Å². The lowest BCUT2D eigenvalue weighted by atomic mass is 10.4. The van der Waals surface area contributed by atoms with Crippen LogP contribution in [0, 0.1) is 0 Å². The van der Waals surface area contributed by atoms with Crippen molar-refractivity contribution in [1.29, 1.82) is 0 Å². The third-order valence-electron chi connectivity index (χ3n) is 1.31. The van der Waals surface area contributed by atoms with Crippen molar-refractivity contribution >= 4 is 10.0 Å². The van der Waals surface area contributed by atoms with Gasteiger partial charge in [-0.25, -0.2) is 13.6 Å². The van der Waals surface area contributed by atoms with Gasteiger partial charge in [0.15, 0.2) is 5.03 Å². The SMILES string of the molecule is Cn1cc(CO)c(S(N)(=O)=O)n1. The van der Waals surface area contributed by atoms with Gasteiger partial charge in [-0.05, 0) is 0 Å². The van der Waals surface area contributed by atoms with E-state index in [0.717, 1.165) is 0 Å². The predicted molar refractivity (Wildman–Crippen MR) is 40.5 cm³/mol. The Balaban J connectivity index is 3.33. The minimum absolute atomic E-state index is 0.208. The van der Waals surface area contributed by atoms with Gasteiger partial charge >= 0.3 is 0 Å². The molecule has 3 N–H and O–H groups in total. The lowest BCUT2D eigenvalue weighted by molar-refractivity contribution is 0.278. The Bertz CT molecular complexity index is 381. The number of aryl methyl sites for hydroxylation is 1. The first-order valence-corrected chi connectivity index (χ1v) is 4.66. The van der Waals surface area contributed by atoms with Gasteiger partial charge in [-0.15, -0.1) is 0 Å². The first kappa shape index (κ1) is 9.17. The fraction of sp³-hybridized carbons (Fsp3) is 0.400. The summed E-state index contributed by atoms with van der Waals surface area (Å²) in [6.45, 7) is -0.389. The van der Waals surface area contributed by atoms with Crippen LogP contribution in [0.3, 0.4) is 0 Å². The van der Waals surface area contributed by atoms with Gasteiger partial charge < -0.3 is 5.11 Å². The predicted octanol–water partition coefficient (Wildman–Crippen LogP) is -1.44. The maximum Gasteiger partial charge on any atom is 0.257 e. The number of nitrogens with two attached hydrogens (primary N) is 1.